The predicted octanol–water partition coefficient (Wildman–Crippen LogP) is 2.66. The van der Waals surface area contributed by atoms with Gasteiger partial charge in [0.05, 0.1) is 6.54 Å². The second-order valence-electron chi connectivity index (χ2n) is 7.22. The maximum Gasteiger partial charge on any atom is 0.254 e. The number of amides is 3. The number of nitrogens with one attached hydrogen (secondary N) is 2. The number of rotatable bonds is 7. The Labute approximate surface area is 164 Å². The van der Waals surface area contributed by atoms with Crippen molar-refractivity contribution in [1.29, 1.82) is 0 Å². The van der Waals surface area contributed by atoms with Crippen LogP contribution in [0.15, 0.2) is 48.5 Å². The van der Waals surface area contributed by atoms with Gasteiger partial charge < -0.3 is 15.5 Å². The minimum atomic E-state index is -0.341. The molecule has 0 heterocycles. The van der Waals surface area contributed by atoms with Crippen molar-refractivity contribution in [2.24, 2.45) is 0 Å². The van der Waals surface area contributed by atoms with E-state index >= 15 is 0 Å². The summed E-state index contributed by atoms with van der Waals surface area (Å²) in [4.78, 5) is 38.6. The molecule has 1 aliphatic carbocycles. The zero-order chi connectivity index (χ0) is 20.1. The van der Waals surface area contributed by atoms with Gasteiger partial charge in [-0.15, -0.1) is 0 Å². The molecule has 1 aliphatic rings. The fraction of sp³-hybridized carbons (Fsp3) is 0.318. The average molecular weight is 379 g/mol. The summed E-state index contributed by atoms with van der Waals surface area (Å²) < 4.78 is 0. The monoisotopic (exact) mass is 379 g/mol. The molecule has 0 atom stereocenters. The number of aryl methyl sites for hydroxylation is 2. The highest BCUT2D eigenvalue weighted by atomic mass is 16.2. The molecule has 1 fully saturated rings. The van der Waals surface area contributed by atoms with Crippen molar-refractivity contribution in [3.63, 3.8) is 0 Å². The van der Waals surface area contributed by atoms with Gasteiger partial charge >= 0.3 is 0 Å². The standard InChI is InChI=1S/C22H25N3O3/c1-15-3-7-17(8-4-15)22(28)25(19-11-12-19)14-21(27)23-13-20(26)24-18-9-5-16(2)6-10-18/h3-10,19H,11-14H2,1-2H3,(H,23,27)(H,24,26). The Morgan fingerprint density at radius 3 is 2.04 bits per heavy atom. The molecule has 3 rings (SSSR count). The predicted molar refractivity (Wildman–Crippen MR) is 108 cm³/mol. The van der Waals surface area contributed by atoms with E-state index in [1.54, 1.807) is 17.0 Å². The van der Waals surface area contributed by atoms with Gasteiger partial charge in [-0.2, -0.15) is 0 Å². The number of carbonyl (C=O) groups excluding carboxylic acids is 3. The van der Waals surface area contributed by atoms with Crippen molar-refractivity contribution in [3.8, 4) is 0 Å². The van der Waals surface area contributed by atoms with Crippen molar-refractivity contribution in [3.05, 3.63) is 65.2 Å². The minimum Gasteiger partial charge on any atom is -0.345 e. The lowest BCUT2D eigenvalue weighted by Gasteiger charge is -2.22. The van der Waals surface area contributed by atoms with Gasteiger partial charge in [0.1, 0.15) is 6.54 Å². The molecular weight excluding hydrogens is 354 g/mol. The van der Waals surface area contributed by atoms with Crippen molar-refractivity contribution in [2.75, 3.05) is 18.4 Å². The van der Waals surface area contributed by atoms with Crippen molar-refractivity contribution >= 4 is 23.4 Å². The molecule has 0 saturated heterocycles. The Bertz CT molecular complexity index is 856. The lowest BCUT2D eigenvalue weighted by atomic mass is 10.1. The zero-order valence-electron chi connectivity index (χ0n) is 16.2. The number of benzene rings is 2. The van der Waals surface area contributed by atoms with E-state index in [4.69, 9.17) is 0 Å². The molecule has 6 nitrogen and oxygen atoms in total. The minimum absolute atomic E-state index is 0.0464. The first kappa shape index (κ1) is 19.6. The molecule has 3 amide bonds. The van der Waals surface area contributed by atoms with Gasteiger partial charge in [0.2, 0.25) is 11.8 Å². The van der Waals surface area contributed by atoms with Gasteiger partial charge in [0, 0.05) is 17.3 Å². The second kappa shape index (κ2) is 8.69. The molecule has 2 aromatic carbocycles. The van der Waals surface area contributed by atoms with E-state index in [0.29, 0.717) is 11.3 Å². The molecule has 0 aromatic heterocycles. The molecular formula is C22H25N3O3. The highest BCUT2D eigenvalue weighted by Crippen LogP contribution is 2.28. The smallest absolute Gasteiger partial charge is 0.254 e. The van der Waals surface area contributed by atoms with Crippen LogP contribution in [0.1, 0.15) is 34.3 Å². The molecule has 146 valence electrons. The Morgan fingerprint density at radius 2 is 1.46 bits per heavy atom. The molecule has 28 heavy (non-hydrogen) atoms. The van der Waals surface area contributed by atoms with Gasteiger partial charge in [0.15, 0.2) is 0 Å². The van der Waals surface area contributed by atoms with Crippen LogP contribution in [0.3, 0.4) is 0 Å². The summed E-state index contributed by atoms with van der Waals surface area (Å²) in [6.07, 6.45) is 1.80. The molecule has 0 aliphatic heterocycles. The summed E-state index contributed by atoms with van der Waals surface area (Å²) in [5.41, 5.74) is 3.43. The maximum absolute atomic E-state index is 12.7. The lowest BCUT2D eigenvalue weighted by molar-refractivity contribution is -0.124. The molecule has 2 N–H and O–H groups in total. The van der Waals surface area contributed by atoms with Crippen LogP contribution in [-0.4, -0.2) is 41.8 Å². The lowest BCUT2D eigenvalue weighted by Crippen LogP contribution is -2.43. The van der Waals surface area contributed by atoms with Crippen molar-refractivity contribution in [2.45, 2.75) is 32.7 Å². The summed E-state index contributed by atoms with van der Waals surface area (Å²) in [5, 5.41) is 5.33. The fourth-order valence-electron chi connectivity index (χ4n) is 2.85. The van der Waals surface area contributed by atoms with E-state index in [1.807, 2.05) is 50.2 Å². The highest BCUT2D eigenvalue weighted by molar-refractivity contribution is 5.98. The van der Waals surface area contributed by atoms with E-state index in [9.17, 15) is 14.4 Å². The SMILES string of the molecule is Cc1ccc(NC(=O)CNC(=O)CN(C(=O)c2ccc(C)cc2)C2CC2)cc1. The van der Waals surface area contributed by atoms with E-state index in [-0.39, 0.29) is 36.9 Å². The van der Waals surface area contributed by atoms with Crippen LogP contribution in [0.25, 0.3) is 0 Å². The van der Waals surface area contributed by atoms with Crippen molar-refractivity contribution in [1.82, 2.24) is 10.2 Å². The van der Waals surface area contributed by atoms with E-state index in [2.05, 4.69) is 10.6 Å². The Hall–Kier alpha value is -3.15. The third kappa shape index (κ3) is 5.42. The van der Waals surface area contributed by atoms with Crippen molar-refractivity contribution < 1.29 is 14.4 Å². The van der Waals surface area contributed by atoms with Crippen LogP contribution in [0.2, 0.25) is 0 Å². The van der Waals surface area contributed by atoms with E-state index < -0.39 is 0 Å². The van der Waals surface area contributed by atoms with E-state index in [1.165, 1.54) is 0 Å². The van der Waals surface area contributed by atoms with Crippen LogP contribution in [0.5, 0.6) is 0 Å². The van der Waals surface area contributed by atoms with Crippen LogP contribution < -0.4 is 10.6 Å². The number of hydrogen-bond acceptors (Lipinski definition) is 3. The third-order valence-corrected chi connectivity index (χ3v) is 4.64. The summed E-state index contributed by atoms with van der Waals surface area (Å²) in [7, 11) is 0. The molecule has 0 unspecified atom stereocenters. The van der Waals surface area contributed by atoms with Gasteiger partial charge in [0.25, 0.3) is 5.91 Å². The number of anilines is 1. The molecule has 1 saturated carbocycles. The topological polar surface area (TPSA) is 78.5 Å². The first-order valence-corrected chi connectivity index (χ1v) is 9.43. The molecule has 0 bridgehead atoms. The maximum atomic E-state index is 12.7. The van der Waals surface area contributed by atoms with Crippen LogP contribution in [-0.2, 0) is 9.59 Å². The quantitative estimate of drug-likeness (QED) is 0.776. The van der Waals surface area contributed by atoms with Crippen LogP contribution in [0, 0.1) is 13.8 Å². The number of hydrogen-bond donors (Lipinski definition) is 2. The van der Waals surface area contributed by atoms with Gasteiger partial charge in [-0.3, -0.25) is 14.4 Å². The first-order valence-electron chi connectivity index (χ1n) is 9.43. The number of carbonyl (C=O) groups is 3. The fourth-order valence-corrected chi connectivity index (χ4v) is 2.85. The first-order chi connectivity index (χ1) is 13.4. The van der Waals surface area contributed by atoms with Gasteiger partial charge in [-0.05, 0) is 51.0 Å². The largest absolute Gasteiger partial charge is 0.345 e. The summed E-state index contributed by atoms with van der Waals surface area (Å²) in [5.74, 6) is -0.798. The second-order valence-corrected chi connectivity index (χ2v) is 7.22. The van der Waals surface area contributed by atoms with Crippen LogP contribution in [0.4, 0.5) is 5.69 Å². The number of nitrogens with zero attached hydrogens (tertiary/aromatic N) is 1. The summed E-state index contributed by atoms with van der Waals surface area (Å²) in [6, 6.07) is 14.8. The molecule has 2 aromatic rings. The third-order valence-electron chi connectivity index (χ3n) is 4.64. The molecule has 6 heteroatoms. The summed E-state index contributed by atoms with van der Waals surface area (Å²) in [6.45, 7) is 3.75. The average Bonchev–Trinajstić information content (AvgIpc) is 3.51. The normalized spacial score (nSPS) is 12.9. The van der Waals surface area contributed by atoms with Crippen LogP contribution >= 0.6 is 0 Å². The summed E-state index contributed by atoms with van der Waals surface area (Å²) >= 11 is 0. The molecule has 0 radical (unpaired) electrons. The highest BCUT2D eigenvalue weighted by Gasteiger charge is 2.34. The van der Waals surface area contributed by atoms with E-state index in [0.717, 1.165) is 24.0 Å². The Balaban J connectivity index is 1.51. The van der Waals surface area contributed by atoms with Gasteiger partial charge in [-0.25, -0.2) is 0 Å². The molecule has 0 spiro atoms. The Morgan fingerprint density at radius 1 is 0.893 bits per heavy atom. The van der Waals surface area contributed by atoms with Gasteiger partial charge in [-0.1, -0.05) is 35.4 Å². The Kier molecular flexibility index (Phi) is 6.09. The zero-order valence-corrected chi connectivity index (χ0v) is 16.2.